The second kappa shape index (κ2) is 3.93. The zero-order valence-corrected chi connectivity index (χ0v) is 9.89. The lowest BCUT2D eigenvalue weighted by Crippen LogP contribution is -2.45. The molecule has 1 atom stereocenters. The number of nitrogens with two attached hydrogens (primary N) is 1. The van der Waals surface area contributed by atoms with Crippen LogP contribution in [0.5, 0.6) is 5.75 Å². The molecule has 0 aliphatic carbocycles. The summed E-state index contributed by atoms with van der Waals surface area (Å²) in [6.07, 6.45) is 0. The molecule has 0 fully saturated rings. The minimum absolute atomic E-state index is 0.258. The summed E-state index contributed by atoms with van der Waals surface area (Å²) in [7, 11) is 2.09. The molecule has 17 heavy (non-hydrogen) atoms. The van der Waals surface area contributed by atoms with Crippen molar-refractivity contribution in [1.82, 2.24) is 0 Å². The van der Waals surface area contributed by atoms with E-state index in [9.17, 15) is 0 Å². The summed E-state index contributed by atoms with van der Waals surface area (Å²) in [6.45, 7) is 1.28. The lowest BCUT2D eigenvalue weighted by Gasteiger charge is -2.36. The molecule has 1 heterocycles. The van der Waals surface area contributed by atoms with E-state index in [0.717, 1.165) is 11.4 Å². The monoisotopic (exact) mass is 228 g/mol. The Morgan fingerprint density at radius 3 is 2.94 bits per heavy atom. The number of anilines is 1. The summed E-state index contributed by atoms with van der Waals surface area (Å²) in [6, 6.07) is 12.8. The Morgan fingerprint density at radius 2 is 2.12 bits per heavy atom. The summed E-state index contributed by atoms with van der Waals surface area (Å²) >= 11 is 0. The van der Waals surface area contributed by atoms with E-state index in [2.05, 4.69) is 42.3 Å². The Kier molecular flexibility index (Phi) is 2.41. The van der Waals surface area contributed by atoms with E-state index in [-0.39, 0.29) is 6.04 Å². The van der Waals surface area contributed by atoms with Crippen LogP contribution in [0.15, 0.2) is 36.4 Å². The van der Waals surface area contributed by atoms with E-state index in [0.29, 0.717) is 13.2 Å². The molecule has 0 aromatic heterocycles. The highest BCUT2D eigenvalue weighted by atomic mass is 16.5. The molecular formula is C14H16N2O. The molecule has 0 spiro atoms. The van der Waals surface area contributed by atoms with Crippen molar-refractivity contribution in [3.63, 3.8) is 0 Å². The normalized spacial score (nSPS) is 18.9. The maximum atomic E-state index is 5.78. The minimum Gasteiger partial charge on any atom is -0.489 e. The van der Waals surface area contributed by atoms with Gasteiger partial charge in [-0.25, -0.2) is 0 Å². The van der Waals surface area contributed by atoms with E-state index in [4.69, 9.17) is 10.5 Å². The van der Waals surface area contributed by atoms with Crippen molar-refractivity contribution in [2.75, 3.05) is 25.1 Å². The van der Waals surface area contributed by atoms with Crippen molar-refractivity contribution in [3.05, 3.63) is 36.4 Å². The van der Waals surface area contributed by atoms with Gasteiger partial charge in [0, 0.05) is 19.0 Å². The van der Waals surface area contributed by atoms with Crippen molar-refractivity contribution in [2.24, 2.45) is 5.73 Å². The Balaban J connectivity index is 2.24. The maximum Gasteiger partial charge on any atom is 0.143 e. The van der Waals surface area contributed by atoms with Crippen LogP contribution in [-0.4, -0.2) is 26.2 Å². The van der Waals surface area contributed by atoms with Crippen LogP contribution in [0.1, 0.15) is 0 Å². The molecule has 0 amide bonds. The quantitative estimate of drug-likeness (QED) is 0.811. The van der Waals surface area contributed by atoms with Gasteiger partial charge in [0.05, 0.1) is 11.7 Å². The molecule has 2 aromatic rings. The summed E-state index contributed by atoms with van der Waals surface area (Å²) in [5, 5.41) is 2.46. The maximum absolute atomic E-state index is 5.78. The fraction of sp³-hybridized carbons (Fsp3) is 0.286. The molecule has 1 unspecified atom stereocenters. The number of hydrogen-bond acceptors (Lipinski definition) is 3. The number of hydrogen-bond donors (Lipinski definition) is 1. The van der Waals surface area contributed by atoms with E-state index in [1.165, 1.54) is 10.8 Å². The summed E-state index contributed by atoms with van der Waals surface area (Å²) in [5.74, 6) is 0.955. The van der Waals surface area contributed by atoms with E-state index >= 15 is 0 Å². The van der Waals surface area contributed by atoms with Crippen molar-refractivity contribution >= 4 is 16.5 Å². The summed E-state index contributed by atoms with van der Waals surface area (Å²) < 4.78 is 5.78. The average Bonchev–Trinajstić information content (AvgIpc) is 2.38. The van der Waals surface area contributed by atoms with Gasteiger partial charge in [0.1, 0.15) is 12.4 Å². The Morgan fingerprint density at radius 1 is 1.29 bits per heavy atom. The van der Waals surface area contributed by atoms with Gasteiger partial charge < -0.3 is 15.4 Å². The lowest BCUT2D eigenvalue weighted by atomic mass is 10.0. The van der Waals surface area contributed by atoms with Crippen molar-refractivity contribution in [2.45, 2.75) is 6.04 Å². The third kappa shape index (κ3) is 1.54. The van der Waals surface area contributed by atoms with Crippen LogP contribution in [0.4, 0.5) is 5.69 Å². The van der Waals surface area contributed by atoms with Gasteiger partial charge in [0.15, 0.2) is 0 Å². The largest absolute Gasteiger partial charge is 0.489 e. The average molecular weight is 228 g/mol. The van der Waals surface area contributed by atoms with Gasteiger partial charge in [0.2, 0.25) is 0 Å². The molecule has 3 heteroatoms. The number of rotatable bonds is 1. The molecule has 3 nitrogen and oxygen atoms in total. The van der Waals surface area contributed by atoms with Crippen molar-refractivity contribution in [3.8, 4) is 5.75 Å². The first-order chi connectivity index (χ1) is 8.31. The first kappa shape index (κ1) is 10.4. The SMILES string of the molecule is CN1c2c(ccc3ccccc23)OCC1CN. The fourth-order valence-electron chi connectivity index (χ4n) is 2.42. The van der Waals surface area contributed by atoms with Gasteiger partial charge in [-0.05, 0) is 11.5 Å². The Labute approximate surface area is 101 Å². The van der Waals surface area contributed by atoms with Gasteiger partial charge in [-0.1, -0.05) is 30.3 Å². The highest BCUT2D eigenvalue weighted by Gasteiger charge is 2.25. The second-order valence-electron chi connectivity index (χ2n) is 4.44. The van der Waals surface area contributed by atoms with Crippen LogP contribution >= 0.6 is 0 Å². The third-order valence-electron chi connectivity index (χ3n) is 3.47. The van der Waals surface area contributed by atoms with Gasteiger partial charge in [-0.15, -0.1) is 0 Å². The molecule has 1 aliphatic heterocycles. The Hall–Kier alpha value is -1.74. The second-order valence-corrected chi connectivity index (χ2v) is 4.44. The minimum atomic E-state index is 0.258. The fourth-order valence-corrected chi connectivity index (χ4v) is 2.42. The van der Waals surface area contributed by atoms with Gasteiger partial charge >= 0.3 is 0 Å². The molecule has 2 aromatic carbocycles. The van der Waals surface area contributed by atoms with Crippen molar-refractivity contribution < 1.29 is 4.74 Å². The number of ether oxygens (including phenoxy) is 1. The van der Waals surface area contributed by atoms with Crippen molar-refractivity contribution in [1.29, 1.82) is 0 Å². The van der Waals surface area contributed by atoms with Crippen LogP contribution in [0.2, 0.25) is 0 Å². The predicted molar refractivity (Wildman–Crippen MR) is 70.7 cm³/mol. The van der Waals surface area contributed by atoms with E-state index in [1.807, 2.05) is 6.07 Å². The van der Waals surface area contributed by atoms with Gasteiger partial charge in [-0.3, -0.25) is 0 Å². The summed E-state index contributed by atoms with van der Waals surface area (Å²) in [5.41, 5.74) is 6.93. The van der Waals surface area contributed by atoms with Gasteiger partial charge in [-0.2, -0.15) is 0 Å². The number of fused-ring (bicyclic) bond motifs is 3. The standard InChI is InChI=1S/C14H16N2O/c1-16-11(8-15)9-17-13-7-6-10-4-2-3-5-12(10)14(13)16/h2-7,11H,8-9,15H2,1H3. The highest BCUT2D eigenvalue weighted by molar-refractivity contribution is 5.97. The highest BCUT2D eigenvalue weighted by Crippen LogP contribution is 2.39. The molecular weight excluding hydrogens is 212 g/mol. The van der Waals surface area contributed by atoms with Crippen LogP contribution in [0, 0.1) is 0 Å². The molecule has 0 radical (unpaired) electrons. The lowest BCUT2D eigenvalue weighted by molar-refractivity contribution is 0.270. The number of benzene rings is 2. The zero-order chi connectivity index (χ0) is 11.8. The topological polar surface area (TPSA) is 38.5 Å². The van der Waals surface area contributed by atoms with Crippen LogP contribution in [-0.2, 0) is 0 Å². The molecule has 88 valence electrons. The molecule has 2 N–H and O–H groups in total. The summed E-state index contributed by atoms with van der Waals surface area (Å²) in [4.78, 5) is 2.24. The van der Waals surface area contributed by atoms with Crippen LogP contribution < -0.4 is 15.4 Å². The number of nitrogens with zero attached hydrogens (tertiary/aromatic N) is 1. The van der Waals surface area contributed by atoms with Crippen LogP contribution in [0.25, 0.3) is 10.8 Å². The molecule has 0 bridgehead atoms. The van der Waals surface area contributed by atoms with Crippen LogP contribution in [0.3, 0.4) is 0 Å². The molecule has 0 saturated carbocycles. The van der Waals surface area contributed by atoms with Gasteiger partial charge in [0.25, 0.3) is 0 Å². The molecule has 1 aliphatic rings. The first-order valence-electron chi connectivity index (χ1n) is 5.88. The zero-order valence-electron chi connectivity index (χ0n) is 9.89. The third-order valence-corrected chi connectivity index (χ3v) is 3.47. The van der Waals surface area contributed by atoms with E-state index < -0.39 is 0 Å². The predicted octanol–water partition coefficient (Wildman–Crippen LogP) is 2.00. The Bertz CT molecular complexity index is 553. The number of likely N-dealkylation sites (N-methyl/N-ethyl adjacent to an activating group) is 1. The molecule has 0 saturated heterocycles. The molecule has 3 rings (SSSR count). The van der Waals surface area contributed by atoms with E-state index in [1.54, 1.807) is 0 Å². The first-order valence-corrected chi connectivity index (χ1v) is 5.88. The smallest absolute Gasteiger partial charge is 0.143 e.